The van der Waals surface area contributed by atoms with Crippen molar-refractivity contribution < 1.29 is 36.6 Å². The summed E-state index contributed by atoms with van der Waals surface area (Å²) in [5.41, 5.74) is -1.34. The normalized spacial score (nSPS) is 10.9. The molecule has 0 aliphatic rings. The van der Waals surface area contributed by atoms with Crippen molar-refractivity contribution in [3.8, 4) is 5.75 Å². The third-order valence-corrected chi connectivity index (χ3v) is 1.76. The molecule has 0 amide bonds. The van der Waals surface area contributed by atoms with Crippen molar-refractivity contribution in [1.29, 1.82) is 0 Å². The van der Waals surface area contributed by atoms with Crippen LogP contribution in [0.25, 0.3) is 0 Å². The third-order valence-electron chi connectivity index (χ3n) is 1.76. The molecule has 0 N–H and O–H groups in total. The van der Waals surface area contributed by atoms with E-state index in [1.54, 1.807) is 0 Å². The van der Waals surface area contributed by atoms with E-state index in [2.05, 4.69) is 9.47 Å². The molecule has 0 saturated heterocycles. The van der Waals surface area contributed by atoms with E-state index in [0.29, 0.717) is 12.1 Å². The highest BCUT2D eigenvalue weighted by molar-refractivity contribution is 6.30. The van der Waals surface area contributed by atoms with Crippen LogP contribution >= 0.6 is 0 Å². The van der Waals surface area contributed by atoms with E-state index >= 15 is 0 Å². The van der Waals surface area contributed by atoms with E-state index in [4.69, 9.17) is 0 Å². The highest BCUT2D eigenvalue weighted by Gasteiger charge is 2.32. The highest BCUT2D eigenvalue weighted by Crippen LogP contribution is 2.32. The van der Waals surface area contributed by atoms with Crippen LogP contribution in [0.3, 0.4) is 0 Å². The Labute approximate surface area is 98.1 Å². The van der Waals surface area contributed by atoms with Crippen LogP contribution in [0, 0.1) is 5.82 Å². The Morgan fingerprint density at radius 1 is 1.11 bits per heavy atom. The van der Waals surface area contributed by atoms with Crippen molar-refractivity contribution >= 4 is 11.9 Å². The number of hydrogen-bond donors (Lipinski definition) is 0. The quantitative estimate of drug-likeness (QED) is 0.337. The maximum atomic E-state index is 12.9. The van der Waals surface area contributed by atoms with Crippen LogP contribution in [0.2, 0.25) is 0 Å². The minimum atomic E-state index is -4.80. The van der Waals surface area contributed by atoms with E-state index in [9.17, 15) is 27.2 Å². The second-order valence-corrected chi connectivity index (χ2v) is 3.05. The molecule has 98 valence electrons. The van der Waals surface area contributed by atoms with Crippen LogP contribution in [0.5, 0.6) is 5.75 Å². The first-order valence-electron chi connectivity index (χ1n) is 4.42. The average Bonchev–Trinajstić information content (AvgIpc) is 2.25. The Hall–Kier alpha value is -2.12. The molecule has 0 fully saturated rings. The van der Waals surface area contributed by atoms with Gasteiger partial charge in [-0.05, 0) is 12.1 Å². The molecule has 0 atom stereocenters. The Morgan fingerprint density at radius 2 is 1.72 bits per heavy atom. The lowest BCUT2D eigenvalue weighted by Crippen LogP contribution is -2.21. The van der Waals surface area contributed by atoms with Gasteiger partial charge in [0.1, 0.15) is 11.6 Å². The zero-order valence-electron chi connectivity index (χ0n) is 8.88. The van der Waals surface area contributed by atoms with E-state index in [1.807, 2.05) is 0 Å². The lowest BCUT2D eigenvalue weighted by atomic mass is 10.2. The minimum absolute atomic E-state index is 0.232. The van der Waals surface area contributed by atoms with Gasteiger partial charge in [0.05, 0.1) is 12.7 Å². The van der Waals surface area contributed by atoms with Crippen LogP contribution in [0.4, 0.5) is 17.6 Å². The van der Waals surface area contributed by atoms with Crippen molar-refractivity contribution in [2.75, 3.05) is 7.11 Å². The van der Waals surface area contributed by atoms with E-state index in [1.165, 1.54) is 0 Å². The third kappa shape index (κ3) is 3.44. The van der Waals surface area contributed by atoms with Crippen LogP contribution in [0.1, 0.15) is 5.56 Å². The molecule has 0 unspecified atom stereocenters. The summed E-state index contributed by atoms with van der Waals surface area (Å²) in [4.78, 5) is 21.6. The van der Waals surface area contributed by atoms with Gasteiger partial charge in [-0.15, -0.1) is 0 Å². The maximum absolute atomic E-state index is 12.9. The first-order valence-corrected chi connectivity index (χ1v) is 4.42. The second kappa shape index (κ2) is 5.03. The molecule has 0 aliphatic carbocycles. The molecule has 0 spiro atoms. The standard InChI is InChI=1S/C10H6F4O4/c1-17-8(15)9(16)18-7-3-5(10(12,13)14)2-6(11)4-7/h2-4H,1H3. The Morgan fingerprint density at radius 3 is 2.22 bits per heavy atom. The largest absolute Gasteiger partial charge is 0.461 e. The number of methoxy groups -OCH3 is 1. The van der Waals surface area contributed by atoms with Gasteiger partial charge in [0.2, 0.25) is 0 Å². The molecule has 8 heteroatoms. The van der Waals surface area contributed by atoms with Crippen molar-refractivity contribution in [3.05, 3.63) is 29.6 Å². The van der Waals surface area contributed by atoms with Gasteiger partial charge in [-0.2, -0.15) is 13.2 Å². The van der Waals surface area contributed by atoms with Crippen molar-refractivity contribution in [1.82, 2.24) is 0 Å². The fourth-order valence-corrected chi connectivity index (χ4v) is 1.02. The van der Waals surface area contributed by atoms with Crippen molar-refractivity contribution in [2.45, 2.75) is 6.18 Å². The van der Waals surface area contributed by atoms with Gasteiger partial charge in [0, 0.05) is 6.07 Å². The minimum Gasteiger partial charge on any atom is -0.461 e. The molecule has 1 rings (SSSR count). The number of hydrogen-bond acceptors (Lipinski definition) is 4. The summed E-state index contributed by atoms with van der Waals surface area (Å²) in [5.74, 6) is -4.95. The number of benzene rings is 1. The first-order chi connectivity index (χ1) is 8.24. The lowest BCUT2D eigenvalue weighted by molar-refractivity contribution is -0.160. The number of halogens is 4. The topological polar surface area (TPSA) is 52.6 Å². The maximum Gasteiger partial charge on any atom is 0.422 e. The molecule has 0 aliphatic heterocycles. The average molecular weight is 266 g/mol. The Bertz CT molecular complexity index is 481. The summed E-state index contributed by atoms with van der Waals surface area (Å²) in [6.07, 6.45) is -4.80. The SMILES string of the molecule is COC(=O)C(=O)Oc1cc(F)cc(C(F)(F)F)c1. The van der Waals surface area contributed by atoms with Gasteiger partial charge in [-0.3, -0.25) is 0 Å². The second-order valence-electron chi connectivity index (χ2n) is 3.05. The Kier molecular flexibility index (Phi) is 3.89. The number of rotatable bonds is 1. The summed E-state index contributed by atoms with van der Waals surface area (Å²) in [6.45, 7) is 0. The van der Waals surface area contributed by atoms with E-state index < -0.39 is 35.2 Å². The van der Waals surface area contributed by atoms with Crippen molar-refractivity contribution in [2.24, 2.45) is 0 Å². The van der Waals surface area contributed by atoms with E-state index in [0.717, 1.165) is 7.11 Å². The summed E-state index contributed by atoms with van der Waals surface area (Å²) in [7, 11) is 0.885. The molecule has 4 nitrogen and oxygen atoms in total. The summed E-state index contributed by atoms with van der Waals surface area (Å²) < 4.78 is 58.0. The van der Waals surface area contributed by atoms with Crippen LogP contribution < -0.4 is 4.74 Å². The van der Waals surface area contributed by atoms with Gasteiger partial charge in [-0.1, -0.05) is 0 Å². The molecule has 0 saturated carbocycles. The fraction of sp³-hybridized carbons (Fsp3) is 0.200. The van der Waals surface area contributed by atoms with Gasteiger partial charge >= 0.3 is 18.1 Å². The number of esters is 2. The van der Waals surface area contributed by atoms with Gasteiger partial charge in [0.15, 0.2) is 0 Å². The number of carbonyl (C=O) groups excluding carboxylic acids is 2. The zero-order chi connectivity index (χ0) is 13.9. The monoisotopic (exact) mass is 266 g/mol. The molecular formula is C10H6F4O4. The predicted octanol–water partition coefficient (Wildman–Crippen LogP) is 1.92. The predicted molar refractivity (Wildman–Crippen MR) is 49.1 cm³/mol. The molecular weight excluding hydrogens is 260 g/mol. The lowest BCUT2D eigenvalue weighted by Gasteiger charge is -2.09. The zero-order valence-corrected chi connectivity index (χ0v) is 8.88. The van der Waals surface area contributed by atoms with Crippen molar-refractivity contribution in [3.63, 3.8) is 0 Å². The number of carbonyl (C=O) groups is 2. The molecule has 0 aromatic heterocycles. The molecule has 18 heavy (non-hydrogen) atoms. The van der Waals surface area contributed by atoms with Gasteiger partial charge in [0.25, 0.3) is 0 Å². The van der Waals surface area contributed by atoms with Crippen LogP contribution in [0.15, 0.2) is 18.2 Å². The summed E-state index contributed by atoms with van der Waals surface area (Å²) in [6, 6.07) is 1.16. The fourth-order valence-electron chi connectivity index (χ4n) is 1.02. The molecule has 0 bridgehead atoms. The van der Waals surface area contributed by atoms with E-state index in [-0.39, 0.29) is 6.07 Å². The number of alkyl halides is 3. The molecule has 1 aromatic rings. The summed E-state index contributed by atoms with van der Waals surface area (Å²) >= 11 is 0. The summed E-state index contributed by atoms with van der Waals surface area (Å²) in [5, 5.41) is 0. The van der Waals surface area contributed by atoms with Crippen LogP contribution in [-0.2, 0) is 20.5 Å². The molecule has 1 aromatic carbocycles. The number of ether oxygens (including phenoxy) is 2. The Balaban J connectivity index is 3.01. The van der Waals surface area contributed by atoms with Crippen LogP contribution in [-0.4, -0.2) is 19.0 Å². The smallest absolute Gasteiger partial charge is 0.422 e. The first kappa shape index (κ1) is 13.9. The molecule has 0 heterocycles. The van der Waals surface area contributed by atoms with Gasteiger partial charge < -0.3 is 9.47 Å². The highest BCUT2D eigenvalue weighted by atomic mass is 19.4. The van der Waals surface area contributed by atoms with Gasteiger partial charge in [-0.25, -0.2) is 14.0 Å². The molecule has 0 radical (unpaired) electrons.